The van der Waals surface area contributed by atoms with E-state index >= 15 is 0 Å². The van der Waals surface area contributed by atoms with Crippen molar-refractivity contribution in [1.82, 2.24) is 9.97 Å². The van der Waals surface area contributed by atoms with Gasteiger partial charge in [0.25, 0.3) is 0 Å². The van der Waals surface area contributed by atoms with Crippen molar-refractivity contribution in [3.8, 4) is 11.4 Å². The van der Waals surface area contributed by atoms with Gasteiger partial charge in [0.2, 0.25) is 0 Å². The molecule has 1 N–H and O–H groups in total. The van der Waals surface area contributed by atoms with E-state index in [1.807, 2.05) is 0 Å². The van der Waals surface area contributed by atoms with Crippen LogP contribution in [-0.2, 0) is 6.18 Å². The average molecular weight is 465 g/mol. The Morgan fingerprint density at radius 2 is 1.52 bits per heavy atom. The summed E-state index contributed by atoms with van der Waals surface area (Å²) in [6.45, 7) is 0. The van der Waals surface area contributed by atoms with Crippen molar-refractivity contribution < 1.29 is 22.0 Å². The first-order valence-corrected chi connectivity index (χ1v) is 8.44. The molecule has 140 valence electrons. The third-order valence-corrected chi connectivity index (χ3v) is 4.37. The third kappa shape index (κ3) is 4.54. The molecule has 10 heteroatoms. The standard InChI is InChI=1S/C17H8BrClF5N3/c18-15-11(20)5-10(6-12(15)21)25-14-7-13(19)26-16(27-14)8-1-3-9(4-2-8)17(22,23)24/h1-7H,(H,25,26,27). The Kier molecular flexibility index (Phi) is 5.34. The summed E-state index contributed by atoms with van der Waals surface area (Å²) in [6.07, 6.45) is -4.46. The van der Waals surface area contributed by atoms with Gasteiger partial charge in [0.15, 0.2) is 5.82 Å². The van der Waals surface area contributed by atoms with E-state index in [0.717, 1.165) is 24.3 Å². The molecule has 0 amide bonds. The van der Waals surface area contributed by atoms with Gasteiger partial charge in [-0.15, -0.1) is 0 Å². The van der Waals surface area contributed by atoms with Gasteiger partial charge in [-0.25, -0.2) is 18.7 Å². The van der Waals surface area contributed by atoms with Crippen LogP contribution in [0.25, 0.3) is 11.4 Å². The van der Waals surface area contributed by atoms with Crippen molar-refractivity contribution >= 4 is 39.0 Å². The lowest BCUT2D eigenvalue weighted by atomic mass is 10.1. The molecule has 1 heterocycles. The van der Waals surface area contributed by atoms with E-state index in [1.165, 1.54) is 18.2 Å². The van der Waals surface area contributed by atoms with Crippen LogP contribution in [0.4, 0.5) is 33.5 Å². The van der Waals surface area contributed by atoms with Crippen LogP contribution in [-0.4, -0.2) is 9.97 Å². The number of benzene rings is 2. The molecule has 0 saturated carbocycles. The number of halogens is 7. The van der Waals surface area contributed by atoms with E-state index < -0.39 is 23.4 Å². The van der Waals surface area contributed by atoms with Gasteiger partial charge in [-0.1, -0.05) is 23.7 Å². The fraction of sp³-hybridized carbons (Fsp3) is 0.0588. The lowest BCUT2D eigenvalue weighted by molar-refractivity contribution is -0.137. The molecule has 0 atom stereocenters. The molecule has 0 spiro atoms. The van der Waals surface area contributed by atoms with Crippen LogP contribution in [0.5, 0.6) is 0 Å². The summed E-state index contributed by atoms with van der Waals surface area (Å²) in [5, 5.41) is 2.68. The maximum atomic E-state index is 13.6. The van der Waals surface area contributed by atoms with Crippen molar-refractivity contribution in [2.24, 2.45) is 0 Å². The number of hydrogen-bond donors (Lipinski definition) is 1. The SMILES string of the molecule is Fc1cc(Nc2cc(Cl)nc(-c3ccc(C(F)(F)F)cc3)n2)cc(F)c1Br. The first kappa shape index (κ1) is 19.5. The quantitative estimate of drug-likeness (QED) is 0.270. The molecule has 3 rings (SSSR count). The Hall–Kier alpha value is -2.26. The summed E-state index contributed by atoms with van der Waals surface area (Å²) in [5.41, 5.74) is -0.449. The number of nitrogens with zero attached hydrogens (tertiary/aromatic N) is 2. The molecule has 0 aliphatic rings. The van der Waals surface area contributed by atoms with Crippen molar-refractivity contribution in [1.29, 1.82) is 0 Å². The molecule has 2 aromatic carbocycles. The van der Waals surface area contributed by atoms with Gasteiger partial charge in [-0.05, 0) is 40.2 Å². The number of aromatic nitrogens is 2. The zero-order valence-electron chi connectivity index (χ0n) is 13.1. The van der Waals surface area contributed by atoms with Crippen molar-refractivity contribution in [3.05, 3.63) is 69.3 Å². The molecular formula is C17H8BrClF5N3. The van der Waals surface area contributed by atoms with Gasteiger partial charge >= 0.3 is 6.18 Å². The molecular weight excluding hydrogens is 457 g/mol. The number of hydrogen-bond acceptors (Lipinski definition) is 3. The van der Waals surface area contributed by atoms with Crippen LogP contribution in [0.15, 0.2) is 46.9 Å². The van der Waals surface area contributed by atoms with Crippen LogP contribution >= 0.6 is 27.5 Å². The minimum atomic E-state index is -4.46. The Balaban J connectivity index is 1.93. The molecule has 27 heavy (non-hydrogen) atoms. The third-order valence-electron chi connectivity index (χ3n) is 3.42. The molecule has 0 saturated heterocycles. The monoisotopic (exact) mass is 463 g/mol. The van der Waals surface area contributed by atoms with Gasteiger partial charge in [0.05, 0.1) is 10.0 Å². The van der Waals surface area contributed by atoms with E-state index in [9.17, 15) is 22.0 Å². The summed E-state index contributed by atoms with van der Waals surface area (Å²) in [4.78, 5) is 8.09. The van der Waals surface area contributed by atoms with Crippen LogP contribution in [0.3, 0.4) is 0 Å². The minimum Gasteiger partial charge on any atom is -0.340 e. The normalized spacial score (nSPS) is 11.5. The van der Waals surface area contributed by atoms with Crippen molar-refractivity contribution in [2.75, 3.05) is 5.32 Å². The Labute approximate surface area is 163 Å². The second kappa shape index (κ2) is 7.40. The molecule has 3 nitrogen and oxygen atoms in total. The number of anilines is 2. The maximum absolute atomic E-state index is 13.6. The first-order chi connectivity index (χ1) is 12.6. The summed E-state index contributed by atoms with van der Waals surface area (Å²) < 4.78 is 64.9. The molecule has 0 aliphatic heterocycles. The molecule has 0 aliphatic carbocycles. The lowest BCUT2D eigenvalue weighted by Gasteiger charge is -2.10. The fourth-order valence-electron chi connectivity index (χ4n) is 2.19. The second-order valence-electron chi connectivity index (χ2n) is 5.35. The van der Waals surface area contributed by atoms with Gasteiger partial charge in [0.1, 0.15) is 22.6 Å². The van der Waals surface area contributed by atoms with E-state index in [1.54, 1.807) is 0 Å². The zero-order valence-corrected chi connectivity index (χ0v) is 15.4. The van der Waals surface area contributed by atoms with E-state index in [0.29, 0.717) is 5.56 Å². The molecule has 0 fully saturated rings. The summed E-state index contributed by atoms with van der Waals surface area (Å²) in [5.74, 6) is -1.47. The Morgan fingerprint density at radius 3 is 2.07 bits per heavy atom. The topological polar surface area (TPSA) is 37.8 Å². The van der Waals surface area contributed by atoms with Crippen molar-refractivity contribution in [3.63, 3.8) is 0 Å². The van der Waals surface area contributed by atoms with Gasteiger partial charge < -0.3 is 5.32 Å². The fourth-order valence-corrected chi connectivity index (χ4v) is 2.61. The number of nitrogens with one attached hydrogen (secondary N) is 1. The smallest absolute Gasteiger partial charge is 0.340 e. The highest BCUT2D eigenvalue weighted by Crippen LogP contribution is 2.31. The van der Waals surface area contributed by atoms with Gasteiger partial charge in [-0.3, -0.25) is 0 Å². The highest BCUT2D eigenvalue weighted by molar-refractivity contribution is 9.10. The van der Waals surface area contributed by atoms with E-state index in [-0.39, 0.29) is 27.0 Å². The second-order valence-corrected chi connectivity index (χ2v) is 6.53. The maximum Gasteiger partial charge on any atom is 0.416 e. The van der Waals surface area contributed by atoms with Crippen LogP contribution < -0.4 is 5.32 Å². The predicted molar refractivity (Wildman–Crippen MR) is 94.8 cm³/mol. The summed E-state index contributed by atoms with van der Waals surface area (Å²) >= 11 is 8.70. The molecule has 3 aromatic rings. The molecule has 0 radical (unpaired) electrons. The van der Waals surface area contributed by atoms with Crippen LogP contribution in [0, 0.1) is 11.6 Å². The highest BCUT2D eigenvalue weighted by atomic mass is 79.9. The van der Waals surface area contributed by atoms with Crippen LogP contribution in [0.2, 0.25) is 5.15 Å². The summed E-state index contributed by atoms with van der Waals surface area (Å²) in [7, 11) is 0. The number of alkyl halides is 3. The minimum absolute atomic E-state index is 0.000420. The van der Waals surface area contributed by atoms with E-state index in [2.05, 4.69) is 31.2 Å². The zero-order chi connectivity index (χ0) is 19.8. The molecule has 0 unspecified atom stereocenters. The Morgan fingerprint density at radius 1 is 0.926 bits per heavy atom. The molecule has 1 aromatic heterocycles. The summed E-state index contributed by atoms with van der Waals surface area (Å²) in [6, 6.07) is 7.60. The van der Waals surface area contributed by atoms with Crippen molar-refractivity contribution in [2.45, 2.75) is 6.18 Å². The lowest BCUT2D eigenvalue weighted by Crippen LogP contribution is -2.04. The molecule has 0 bridgehead atoms. The predicted octanol–water partition coefficient (Wildman–Crippen LogP) is 6.60. The largest absolute Gasteiger partial charge is 0.416 e. The Bertz CT molecular complexity index is 970. The van der Waals surface area contributed by atoms with Gasteiger partial charge in [-0.2, -0.15) is 13.2 Å². The highest BCUT2D eigenvalue weighted by Gasteiger charge is 2.30. The van der Waals surface area contributed by atoms with Gasteiger partial charge in [0, 0.05) is 17.3 Å². The van der Waals surface area contributed by atoms with E-state index in [4.69, 9.17) is 11.6 Å². The average Bonchev–Trinajstić information content (AvgIpc) is 2.58. The first-order valence-electron chi connectivity index (χ1n) is 7.27. The number of rotatable bonds is 3. The van der Waals surface area contributed by atoms with Crippen LogP contribution in [0.1, 0.15) is 5.56 Å².